The van der Waals surface area contributed by atoms with Gasteiger partial charge >= 0.3 is 12.1 Å². The normalized spacial score (nSPS) is 11.1. The van der Waals surface area contributed by atoms with Gasteiger partial charge in [0.1, 0.15) is 11.5 Å². The number of anilines is 1. The van der Waals surface area contributed by atoms with E-state index in [1.54, 1.807) is 0 Å². The number of nitrogens with one attached hydrogen (secondary N) is 1. The van der Waals surface area contributed by atoms with E-state index in [-0.39, 0.29) is 38.4 Å². The van der Waals surface area contributed by atoms with Crippen LogP contribution in [0.1, 0.15) is 26.3 Å². The molecule has 0 aliphatic carbocycles. The molecule has 10 heteroatoms. The summed E-state index contributed by atoms with van der Waals surface area (Å²) in [5.41, 5.74) is -1.09. The Labute approximate surface area is 184 Å². The highest BCUT2D eigenvalue weighted by atomic mass is 35.5. The summed E-state index contributed by atoms with van der Waals surface area (Å²) in [5.74, 6) is -1.84. The van der Waals surface area contributed by atoms with Gasteiger partial charge in [0.25, 0.3) is 5.91 Å². The average Bonchev–Trinajstić information content (AvgIpc) is 2.70. The first kappa shape index (κ1) is 22.5. The van der Waals surface area contributed by atoms with E-state index in [1.165, 1.54) is 42.5 Å². The summed E-state index contributed by atoms with van der Waals surface area (Å²) in [6.07, 6.45) is -4.55. The lowest BCUT2D eigenvalue weighted by Gasteiger charge is -2.13. The molecule has 2 N–H and O–H groups in total. The Morgan fingerprint density at radius 2 is 1.65 bits per heavy atom. The maximum Gasteiger partial charge on any atom is 0.416 e. The Morgan fingerprint density at radius 1 is 0.935 bits per heavy atom. The van der Waals surface area contributed by atoms with Crippen LogP contribution in [-0.2, 0) is 6.18 Å². The lowest BCUT2D eigenvalue weighted by Crippen LogP contribution is -2.15. The number of halogens is 5. The first-order chi connectivity index (χ1) is 14.6. The molecule has 1 amide bonds. The van der Waals surface area contributed by atoms with Gasteiger partial charge in [0.15, 0.2) is 0 Å². The molecule has 31 heavy (non-hydrogen) atoms. The fourth-order valence-corrected chi connectivity index (χ4v) is 3.04. The van der Waals surface area contributed by atoms with E-state index in [0.717, 1.165) is 18.2 Å². The number of amides is 1. The van der Waals surface area contributed by atoms with Crippen molar-refractivity contribution < 1.29 is 32.6 Å². The number of alkyl halides is 3. The van der Waals surface area contributed by atoms with Gasteiger partial charge in [-0.05, 0) is 48.5 Å². The highest BCUT2D eigenvalue weighted by molar-refractivity contribution is 6.35. The van der Waals surface area contributed by atoms with Crippen LogP contribution in [0.5, 0.6) is 11.5 Å². The Hall–Kier alpha value is -3.23. The molecule has 160 valence electrons. The van der Waals surface area contributed by atoms with Gasteiger partial charge in [-0.3, -0.25) is 4.79 Å². The van der Waals surface area contributed by atoms with Gasteiger partial charge in [0.2, 0.25) is 0 Å². The number of aromatic carboxylic acids is 1. The number of hydrogen-bond acceptors (Lipinski definition) is 3. The van der Waals surface area contributed by atoms with Crippen LogP contribution >= 0.6 is 23.2 Å². The van der Waals surface area contributed by atoms with E-state index < -0.39 is 23.6 Å². The van der Waals surface area contributed by atoms with E-state index in [1.807, 2.05) is 0 Å². The summed E-state index contributed by atoms with van der Waals surface area (Å²) in [4.78, 5) is 24.0. The zero-order valence-electron chi connectivity index (χ0n) is 15.3. The number of hydrogen-bond donors (Lipinski definition) is 2. The van der Waals surface area contributed by atoms with Crippen molar-refractivity contribution in [1.29, 1.82) is 0 Å². The van der Waals surface area contributed by atoms with Crippen LogP contribution in [0.2, 0.25) is 10.0 Å². The summed E-state index contributed by atoms with van der Waals surface area (Å²) >= 11 is 11.9. The van der Waals surface area contributed by atoms with Gasteiger partial charge in [-0.1, -0.05) is 35.3 Å². The lowest BCUT2D eigenvalue weighted by atomic mass is 10.1. The molecule has 0 bridgehead atoms. The largest absolute Gasteiger partial charge is 0.478 e. The number of carbonyl (C=O) groups is 2. The zero-order valence-corrected chi connectivity index (χ0v) is 16.8. The molecule has 0 aliphatic heterocycles. The molecule has 0 aromatic heterocycles. The second kappa shape index (κ2) is 8.87. The number of para-hydroxylation sites is 1. The first-order valence-electron chi connectivity index (χ1n) is 8.54. The molecule has 3 aromatic rings. The van der Waals surface area contributed by atoms with Crippen molar-refractivity contribution in [1.82, 2.24) is 0 Å². The van der Waals surface area contributed by atoms with E-state index in [2.05, 4.69) is 5.32 Å². The molecular formula is C21H12Cl2F3NO4. The molecule has 0 saturated carbocycles. The van der Waals surface area contributed by atoms with Gasteiger partial charge in [0, 0.05) is 5.56 Å². The van der Waals surface area contributed by atoms with Gasteiger partial charge in [-0.2, -0.15) is 13.2 Å². The topological polar surface area (TPSA) is 75.6 Å². The standard InChI is InChI=1S/C21H12Cl2F3NO4/c22-15-6-2-5-14(20(29)30)18(15)27-19(28)11-3-1-4-13(9-11)31-17-8-7-12(10-16(17)23)21(24,25)26/h1-10H,(H,27,28)(H,29,30). The third-order valence-electron chi connectivity index (χ3n) is 4.07. The smallest absolute Gasteiger partial charge is 0.416 e. The molecule has 0 radical (unpaired) electrons. The quantitative estimate of drug-likeness (QED) is 0.432. The Morgan fingerprint density at radius 3 is 2.29 bits per heavy atom. The summed E-state index contributed by atoms with van der Waals surface area (Å²) in [6.45, 7) is 0. The maximum absolute atomic E-state index is 12.8. The van der Waals surface area contributed by atoms with Crippen molar-refractivity contribution in [2.45, 2.75) is 6.18 Å². The molecule has 0 spiro atoms. The SMILES string of the molecule is O=C(Nc1c(Cl)cccc1C(=O)O)c1cccc(Oc2ccc(C(F)(F)F)cc2Cl)c1. The first-order valence-corrected chi connectivity index (χ1v) is 9.29. The van der Waals surface area contributed by atoms with E-state index in [9.17, 15) is 27.9 Å². The summed E-state index contributed by atoms with van der Waals surface area (Å²) in [5, 5.41) is 11.5. The van der Waals surface area contributed by atoms with Gasteiger partial charge < -0.3 is 15.2 Å². The van der Waals surface area contributed by atoms with Crippen LogP contribution in [0.15, 0.2) is 60.7 Å². The van der Waals surface area contributed by atoms with Crippen molar-refractivity contribution in [2.24, 2.45) is 0 Å². The number of benzene rings is 3. The van der Waals surface area contributed by atoms with Crippen molar-refractivity contribution in [3.63, 3.8) is 0 Å². The van der Waals surface area contributed by atoms with Gasteiger partial charge in [0.05, 0.1) is 26.9 Å². The Kier molecular flexibility index (Phi) is 6.42. The van der Waals surface area contributed by atoms with E-state index in [4.69, 9.17) is 27.9 Å². The van der Waals surface area contributed by atoms with Crippen LogP contribution < -0.4 is 10.1 Å². The second-order valence-electron chi connectivity index (χ2n) is 6.19. The molecule has 0 heterocycles. The molecule has 0 atom stereocenters. The van der Waals surface area contributed by atoms with Crippen molar-refractivity contribution in [3.05, 3.63) is 87.4 Å². The Balaban J connectivity index is 1.83. The molecule has 5 nitrogen and oxygen atoms in total. The molecule has 0 aliphatic rings. The van der Waals surface area contributed by atoms with Crippen molar-refractivity contribution >= 4 is 40.8 Å². The minimum absolute atomic E-state index is 0.0357. The van der Waals surface area contributed by atoms with Crippen LogP contribution in [-0.4, -0.2) is 17.0 Å². The summed E-state index contributed by atoms with van der Waals surface area (Å²) in [6, 6.07) is 12.5. The number of ether oxygens (including phenoxy) is 1. The predicted molar refractivity (Wildman–Crippen MR) is 109 cm³/mol. The van der Waals surface area contributed by atoms with Crippen LogP contribution in [0.25, 0.3) is 0 Å². The van der Waals surface area contributed by atoms with Crippen LogP contribution in [0.3, 0.4) is 0 Å². The number of rotatable bonds is 5. The van der Waals surface area contributed by atoms with Crippen LogP contribution in [0, 0.1) is 0 Å². The number of carboxylic acids is 1. The highest BCUT2D eigenvalue weighted by Crippen LogP contribution is 2.36. The monoisotopic (exact) mass is 469 g/mol. The molecule has 0 saturated heterocycles. The lowest BCUT2D eigenvalue weighted by molar-refractivity contribution is -0.137. The average molecular weight is 470 g/mol. The fourth-order valence-electron chi connectivity index (χ4n) is 2.60. The van der Waals surface area contributed by atoms with Crippen molar-refractivity contribution in [2.75, 3.05) is 5.32 Å². The molecular weight excluding hydrogens is 458 g/mol. The predicted octanol–water partition coefficient (Wildman–Crippen LogP) is 6.76. The highest BCUT2D eigenvalue weighted by Gasteiger charge is 2.31. The van der Waals surface area contributed by atoms with E-state index in [0.29, 0.717) is 0 Å². The molecule has 3 rings (SSSR count). The second-order valence-corrected chi connectivity index (χ2v) is 7.01. The number of carboxylic acid groups (broad SMARTS) is 1. The fraction of sp³-hybridized carbons (Fsp3) is 0.0476. The molecule has 0 fully saturated rings. The minimum atomic E-state index is -4.55. The summed E-state index contributed by atoms with van der Waals surface area (Å²) in [7, 11) is 0. The number of carbonyl (C=O) groups excluding carboxylic acids is 1. The Bertz CT molecular complexity index is 1170. The zero-order chi connectivity index (χ0) is 22.8. The maximum atomic E-state index is 12.8. The van der Waals surface area contributed by atoms with Gasteiger partial charge in [-0.25, -0.2) is 4.79 Å². The third kappa shape index (κ3) is 5.28. The molecule has 0 unspecified atom stereocenters. The minimum Gasteiger partial charge on any atom is -0.478 e. The van der Waals surface area contributed by atoms with Crippen LogP contribution in [0.4, 0.5) is 18.9 Å². The van der Waals surface area contributed by atoms with Gasteiger partial charge in [-0.15, -0.1) is 0 Å². The van der Waals surface area contributed by atoms with Crippen molar-refractivity contribution in [3.8, 4) is 11.5 Å². The third-order valence-corrected chi connectivity index (χ3v) is 4.68. The molecule has 3 aromatic carbocycles. The summed E-state index contributed by atoms with van der Waals surface area (Å²) < 4.78 is 43.8. The van der Waals surface area contributed by atoms with E-state index >= 15 is 0 Å².